The number of amides is 1. The summed E-state index contributed by atoms with van der Waals surface area (Å²) in [4.78, 5) is 11.8. The molecule has 136 valence electrons. The smallest absolute Gasteiger partial charge is 0.277 e. The molecule has 0 saturated carbocycles. The lowest BCUT2D eigenvalue weighted by Crippen LogP contribution is -2.24. The van der Waals surface area contributed by atoms with Crippen LogP contribution in [0.5, 0.6) is 11.5 Å². The molecule has 1 aliphatic heterocycles. The fourth-order valence-corrected chi connectivity index (χ4v) is 5.26. The van der Waals surface area contributed by atoms with Crippen molar-refractivity contribution < 1.29 is 14.3 Å². The number of carbonyl (C=O) groups is 1. The third-order valence-corrected chi connectivity index (χ3v) is 6.78. The van der Waals surface area contributed by atoms with Gasteiger partial charge in [-0.15, -0.1) is 23.5 Å². The molecule has 3 rings (SSSR count). The van der Waals surface area contributed by atoms with Crippen LogP contribution >= 0.6 is 23.5 Å². The molecule has 26 heavy (non-hydrogen) atoms. The maximum absolute atomic E-state index is 11.8. The Hall–Kier alpha value is -2.12. The first-order chi connectivity index (χ1) is 12.8. The standard InChI is InChI=1S/C19H20N2O3S2/c1-23-17-5-3-2-4-15(17)12-20-21-18(22)13-24-16-8-6-14(7-9-16)19-25-10-11-26-19/h2-9,12,19H,10-11,13H2,1H3,(H,21,22)/b20-12-. The van der Waals surface area contributed by atoms with Crippen LogP contribution in [0, 0.1) is 0 Å². The molecule has 2 aromatic carbocycles. The molecular formula is C19H20N2O3S2. The molecule has 7 heteroatoms. The molecule has 0 bridgehead atoms. The summed E-state index contributed by atoms with van der Waals surface area (Å²) >= 11 is 3.93. The second kappa shape index (κ2) is 9.54. The predicted octanol–water partition coefficient (Wildman–Crippen LogP) is 3.70. The number of hydrazone groups is 1. The molecule has 2 aromatic rings. The van der Waals surface area contributed by atoms with E-state index in [9.17, 15) is 4.79 Å². The first-order valence-corrected chi connectivity index (χ1v) is 10.3. The number of ether oxygens (including phenoxy) is 2. The van der Waals surface area contributed by atoms with Gasteiger partial charge in [-0.3, -0.25) is 4.79 Å². The van der Waals surface area contributed by atoms with Gasteiger partial charge in [0.1, 0.15) is 11.5 Å². The van der Waals surface area contributed by atoms with Crippen LogP contribution in [0.25, 0.3) is 0 Å². The third kappa shape index (κ3) is 5.19. The van der Waals surface area contributed by atoms with Crippen LogP contribution in [0.15, 0.2) is 53.6 Å². The van der Waals surface area contributed by atoms with Crippen LogP contribution in [0.2, 0.25) is 0 Å². The number of nitrogens with zero attached hydrogens (tertiary/aromatic N) is 1. The summed E-state index contributed by atoms with van der Waals surface area (Å²) < 4.78 is 11.2. The molecule has 0 unspecified atom stereocenters. The Balaban J connectivity index is 1.45. The van der Waals surface area contributed by atoms with Crippen molar-refractivity contribution in [2.75, 3.05) is 25.2 Å². The van der Waals surface area contributed by atoms with Gasteiger partial charge in [0.25, 0.3) is 5.91 Å². The van der Waals surface area contributed by atoms with E-state index in [0.29, 0.717) is 16.1 Å². The quantitative estimate of drug-likeness (QED) is 0.579. The Kier molecular flexibility index (Phi) is 6.85. The average Bonchev–Trinajstić information content (AvgIpc) is 3.22. The third-order valence-electron chi connectivity index (χ3n) is 3.68. The van der Waals surface area contributed by atoms with Gasteiger partial charge in [0.05, 0.1) is 17.9 Å². The minimum Gasteiger partial charge on any atom is -0.496 e. The minimum absolute atomic E-state index is 0.0878. The van der Waals surface area contributed by atoms with Crippen LogP contribution in [0.1, 0.15) is 15.7 Å². The van der Waals surface area contributed by atoms with Gasteiger partial charge >= 0.3 is 0 Å². The second-order valence-electron chi connectivity index (χ2n) is 5.47. The molecule has 0 atom stereocenters. The Bertz CT molecular complexity index is 760. The Morgan fingerprint density at radius 1 is 1.19 bits per heavy atom. The highest BCUT2D eigenvalue weighted by molar-refractivity contribution is 8.19. The molecule has 1 fully saturated rings. The molecule has 1 saturated heterocycles. The van der Waals surface area contributed by atoms with Crippen LogP contribution in [0.4, 0.5) is 0 Å². The summed E-state index contributed by atoms with van der Waals surface area (Å²) in [6.07, 6.45) is 1.54. The van der Waals surface area contributed by atoms with Crippen molar-refractivity contribution in [3.63, 3.8) is 0 Å². The van der Waals surface area contributed by atoms with Crippen LogP contribution in [-0.2, 0) is 4.79 Å². The lowest BCUT2D eigenvalue weighted by Gasteiger charge is -2.10. The van der Waals surface area contributed by atoms with Crippen LogP contribution < -0.4 is 14.9 Å². The molecule has 1 aliphatic rings. The van der Waals surface area contributed by atoms with E-state index >= 15 is 0 Å². The van der Waals surface area contributed by atoms with Gasteiger partial charge in [0.15, 0.2) is 6.61 Å². The number of hydrogen-bond donors (Lipinski definition) is 1. The number of para-hydroxylation sites is 1. The highest BCUT2D eigenvalue weighted by Crippen LogP contribution is 2.45. The average molecular weight is 389 g/mol. The molecule has 0 spiro atoms. The van der Waals surface area contributed by atoms with Crippen LogP contribution in [0.3, 0.4) is 0 Å². The van der Waals surface area contributed by atoms with E-state index in [1.165, 1.54) is 17.1 Å². The molecule has 1 N–H and O–H groups in total. The maximum Gasteiger partial charge on any atom is 0.277 e. The fourth-order valence-electron chi connectivity index (χ4n) is 2.40. The Labute approximate surface area is 161 Å². The van der Waals surface area contributed by atoms with E-state index in [1.54, 1.807) is 13.3 Å². The van der Waals surface area contributed by atoms with Crippen molar-refractivity contribution in [3.05, 3.63) is 59.7 Å². The van der Waals surface area contributed by atoms with E-state index in [4.69, 9.17) is 9.47 Å². The SMILES string of the molecule is COc1ccccc1/C=N\NC(=O)COc1ccc(C2SCCS2)cc1. The lowest BCUT2D eigenvalue weighted by atomic mass is 10.2. The largest absolute Gasteiger partial charge is 0.496 e. The number of carbonyl (C=O) groups excluding carboxylic acids is 1. The van der Waals surface area contributed by atoms with Crippen molar-refractivity contribution in [3.8, 4) is 11.5 Å². The van der Waals surface area contributed by atoms with Gasteiger partial charge in [-0.1, -0.05) is 24.3 Å². The van der Waals surface area contributed by atoms with Gasteiger partial charge in [0.2, 0.25) is 0 Å². The highest BCUT2D eigenvalue weighted by Gasteiger charge is 2.17. The van der Waals surface area contributed by atoms with Gasteiger partial charge in [0, 0.05) is 17.1 Å². The van der Waals surface area contributed by atoms with Gasteiger partial charge in [-0.2, -0.15) is 5.10 Å². The van der Waals surface area contributed by atoms with Crippen molar-refractivity contribution in [1.29, 1.82) is 0 Å². The van der Waals surface area contributed by atoms with Crippen LogP contribution in [-0.4, -0.2) is 37.3 Å². The summed E-state index contributed by atoms with van der Waals surface area (Å²) in [5.41, 5.74) is 4.53. The number of methoxy groups -OCH3 is 1. The van der Waals surface area contributed by atoms with Crippen molar-refractivity contribution in [2.24, 2.45) is 5.10 Å². The van der Waals surface area contributed by atoms with E-state index < -0.39 is 0 Å². The molecule has 1 amide bonds. The number of rotatable bonds is 7. The zero-order valence-corrected chi connectivity index (χ0v) is 16.0. The van der Waals surface area contributed by atoms with E-state index in [0.717, 1.165) is 5.56 Å². The lowest BCUT2D eigenvalue weighted by molar-refractivity contribution is -0.123. The molecular weight excluding hydrogens is 368 g/mol. The molecule has 0 aromatic heterocycles. The molecule has 1 heterocycles. The van der Waals surface area contributed by atoms with Gasteiger partial charge in [-0.25, -0.2) is 5.43 Å². The zero-order chi connectivity index (χ0) is 18.2. The minimum atomic E-state index is -0.317. The Morgan fingerprint density at radius 3 is 2.65 bits per heavy atom. The van der Waals surface area contributed by atoms with E-state index in [1.807, 2.05) is 59.9 Å². The topological polar surface area (TPSA) is 59.9 Å². The summed E-state index contributed by atoms with van der Waals surface area (Å²) in [5.74, 6) is 3.44. The zero-order valence-electron chi connectivity index (χ0n) is 14.4. The molecule has 0 aliphatic carbocycles. The van der Waals surface area contributed by atoms with Gasteiger partial charge in [-0.05, 0) is 29.8 Å². The molecule has 0 radical (unpaired) electrons. The monoisotopic (exact) mass is 388 g/mol. The first-order valence-electron chi connectivity index (χ1n) is 8.17. The number of hydrogen-bond acceptors (Lipinski definition) is 6. The maximum atomic E-state index is 11.8. The first kappa shape index (κ1) is 18.7. The summed E-state index contributed by atoms with van der Waals surface area (Å²) in [6, 6.07) is 15.4. The normalized spacial score (nSPS) is 14.5. The highest BCUT2D eigenvalue weighted by atomic mass is 32.2. The molecule has 5 nitrogen and oxygen atoms in total. The van der Waals surface area contributed by atoms with E-state index in [2.05, 4.69) is 22.7 Å². The second-order valence-corrected chi connectivity index (χ2v) is 8.19. The summed E-state index contributed by atoms with van der Waals surface area (Å²) in [5, 5.41) is 3.94. The van der Waals surface area contributed by atoms with Crippen molar-refractivity contribution in [1.82, 2.24) is 5.43 Å². The van der Waals surface area contributed by atoms with Crippen molar-refractivity contribution in [2.45, 2.75) is 4.58 Å². The summed E-state index contributed by atoms with van der Waals surface area (Å²) in [6.45, 7) is -0.0878. The Morgan fingerprint density at radius 2 is 1.92 bits per heavy atom. The number of benzene rings is 2. The fraction of sp³-hybridized carbons (Fsp3) is 0.263. The van der Waals surface area contributed by atoms with Crippen molar-refractivity contribution >= 4 is 35.6 Å². The predicted molar refractivity (Wildman–Crippen MR) is 108 cm³/mol. The number of thioether (sulfide) groups is 2. The summed E-state index contributed by atoms with van der Waals surface area (Å²) in [7, 11) is 1.59. The van der Waals surface area contributed by atoms with Gasteiger partial charge < -0.3 is 9.47 Å². The number of nitrogens with one attached hydrogen (secondary N) is 1. The van der Waals surface area contributed by atoms with E-state index in [-0.39, 0.29) is 12.5 Å².